The van der Waals surface area contributed by atoms with Crippen LogP contribution in [-0.4, -0.2) is 50.3 Å². The molecule has 15 heteroatoms. The second kappa shape index (κ2) is 12.5. The highest BCUT2D eigenvalue weighted by Crippen LogP contribution is 2.38. The fourth-order valence-electron chi connectivity index (χ4n) is 4.88. The normalized spacial score (nSPS) is 17.8. The monoisotopic (exact) mass is 622 g/mol. The molecule has 1 N–H and O–H groups in total. The number of rotatable bonds is 9. The second-order valence-corrected chi connectivity index (χ2v) is 10.4. The van der Waals surface area contributed by atoms with Crippen LogP contribution in [0.25, 0.3) is 0 Å². The van der Waals surface area contributed by atoms with Gasteiger partial charge >= 0.3 is 12.4 Å². The van der Waals surface area contributed by atoms with Crippen LogP contribution in [0.15, 0.2) is 36.8 Å². The number of aromatic nitrogens is 4. The molecule has 0 unspecified atom stereocenters. The fourth-order valence-corrected chi connectivity index (χ4v) is 5.21. The molecule has 0 radical (unpaired) electrons. The number of benzene rings is 1. The van der Waals surface area contributed by atoms with Gasteiger partial charge in [-0.2, -0.15) is 31.3 Å². The number of aliphatic hydroxyl groups is 1. The third-order valence-corrected chi connectivity index (χ3v) is 7.29. The third-order valence-electron chi connectivity index (χ3n) is 6.85. The van der Waals surface area contributed by atoms with Gasteiger partial charge in [0.2, 0.25) is 11.2 Å². The summed E-state index contributed by atoms with van der Waals surface area (Å²) in [5, 5.41) is 9.32. The lowest BCUT2D eigenvalue weighted by Crippen LogP contribution is -2.39. The van der Waals surface area contributed by atoms with E-state index in [4.69, 9.17) is 28.3 Å². The molecule has 1 aliphatic heterocycles. The Hall–Kier alpha value is -2.90. The van der Waals surface area contributed by atoms with Crippen molar-refractivity contribution in [1.82, 2.24) is 19.9 Å². The van der Waals surface area contributed by atoms with Gasteiger partial charge < -0.3 is 14.9 Å². The zero-order chi connectivity index (χ0) is 29.9. The molecule has 3 heterocycles. The van der Waals surface area contributed by atoms with Crippen molar-refractivity contribution < 1.29 is 31.4 Å². The number of aliphatic hydroxyl groups excluding tert-OH is 1. The minimum Gasteiger partial charge on any atom is -0.396 e. The average molecular weight is 623 g/mol. The summed E-state index contributed by atoms with van der Waals surface area (Å²) < 4.78 is 81.5. The summed E-state index contributed by atoms with van der Waals surface area (Å²) in [5.41, 5.74) is -2.27. The molecule has 1 aliphatic rings. The number of hydrogen-bond acceptors (Lipinski definition) is 7. The molecule has 7 nitrogen and oxygen atoms in total. The minimum atomic E-state index is -4.98. The smallest absolute Gasteiger partial charge is 0.396 e. The molecule has 0 aliphatic carbocycles. The molecule has 1 saturated heterocycles. The van der Waals surface area contributed by atoms with E-state index in [1.165, 1.54) is 18.6 Å². The summed E-state index contributed by atoms with van der Waals surface area (Å²) in [6, 6.07) is 0.969. The molecule has 1 aromatic carbocycles. The Kier molecular flexibility index (Phi) is 9.49. The van der Waals surface area contributed by atoms with E-state index >= 15 is 0 Å². The maximum atomic E-state index is 13.6. The van der Waals surface area contributed by atoms with Gasteiger partial charge in [0.25, 0.3) is 0 Å². The molecular weight excluding hydrogens is 597 g/mol. The average Bonchev–Trinajstić information content (AvgIpc) is 3.35. The topological polar surface area (TPSA) is 78.3 Å². The summed E-state index contributed by atoms with van der Waals surface area (Å²) >= 11 is 12.4. The molecule has 0 saturated carbocycles. The van der Waals surface area contributed by atoms with E-state index in [-0.39, 0.29) is 53.6 Å². The highest BCUT2D eigenvalue weighted by Gasteiger charge is 2.39. The van der Waals surface area contributed by atoms with Gasteiger partial charge in [-0.1, -0.05) is 18.5 Å². The molecule has 1 fully saturated rings. The third kappa shape index (κ3) is 7.49. The minimum absolute atomic E-state index is 0.0231. The van der Waals surface area contributed by atoms with Gasteiger partial charge in [-0.05, 0) is 66.6 Å². The molecule has 222 valence electrons. The predicted octanol–water partition coefficient (Wildman–Crippen LogP) is 6.60. The van der Waals surface area contributed by atoms with Crippen LogP contribution in [0.5, 0.6) is 0 Å². The van der Waals surface area contributed by atoms with E-state index in [9.17, 15) is 26.3 Å². The van der Waals surface area contributed by atoms with Crippen LogP contribution in [0.2, 0.25) is 10.3 Å². The zero-order valence-corrected chi connectivity index (χ0v) is 23.2. The quantitative estimate of drug-likeness (QED) is 0.213. The van der Waals surface area contributed by atoms with Crippen LogP contribution in [0.4, 0.5) is 38.1 Å². The molecule has 3 aromatic rings. The van der Waals surface area contributed by atoms with E-state index in [0.717, 1.165) is 5.56 Å². The Morgan fingerprint density at radius 1 is 0.951 bits per heavy atom. The highest BCUT2D eigenvalue weighted by molar-refractivity contribution is 6.33. The SMILES string of the molecule is CC[C@@H]1C[C@H](N(Cc2cc(C(F)(F)F)cc(C(F)(F)F)c2)c2ncc(CCCO)cn2)CN1c1nc(Cl)ncc1Cl. The lowest BCUT2D eigenvalue weighted by atomic mass is 10.0. The van der Waals surface area contributed by atoms with Gasteiger partial charge in [-0.3, -0.25) is 0 Å². The number of anilines is 2. The van der Waals surface area contributed by atoms with E-state index in [1.54, 1.807) is 4.90 Å². The molecule has 4 rings (SSSR count). The summed E-state index contributed by atoms with van der Waals surface area (Å²) in [6.07, 6.45) is -3.44. The molecule has 2 aromatic heterocycles. The first-order valence-electron chi connectivity index (χ1n) is 12.7. The first-order chi connectivity index (χ1) is 19.3. The largest absolute Gasteiger partial charge is 0.416 e. The Balaban J connectivity index is 1.75. The van der Waals surface area contributed by atoms with Crippen LogP contribution in [0.3, 0.4) is 0 Å². The van der Waals surface area contributed by atoms with E-state index in [1.807, 2.05) is 11.8 Å². The number of hydrogen-bond donors (Lipinski definition) is 1. The standard InChI is InChI=1S/C26H26Cl2F6N6O/c1-2-19-9-20(14-39(19)22-21(27)12-35-23(28)38-22)40(24-36-10-15(11-37-24)4-3-5-41)13-16-6-17(25(29,30)31)8-18(7-16)26(32,33)34/h6-8,10-12,19-20,41H,2-5,9,13-14H2,1H3/t19-,20+/m1/s1. The van der Waals surface area contributed by atoms with E-state index < -0.39 is 29.5 Å². The fraction of sp³-hybridized carbons (Fsp3) is 0.462. The van der Waals surface area contributed by atoms with Crippen LogP contribution in [0, 0.1) is 0 Å². The first-order valence-corrected chi connectivity index (χ1v) is 13.5. The summed E-state index contributed by atoms with van der Waals surface area (Å²) in [6.45, 7) is 1.86. The van der Waals surface area contributed by atoms with Gasteiger partial charge in [-0.25, -0.2) is 15.0 Å². The lowest BCUT2D eigenvalue weighted by Gasteiger charge is -2.30. The van der Waals surface area contributed by atoms with E-state index in [2.05, 4.69) is 19.9 Å². The second-order valence-electron chi connectivity index (χ2n) is 9.68. The van der Waals surface area contributed by atoms with Crippen molar-refractivity contribution in [2.24, 2.45) is 0 Å². The highest BCUT2D eigenvalue weighted by atomic mass is 35.5. The van der Waals surface area contributed by atoms with E-state index in [0.29, 0.717) is 43.6 Å². The van der Waals surface area contributed by atoms with Crippen LogP contribution in [-0.2, 0) is 25.3 Å². The molecule has 0 spiro atoms. The van der Waals surface area contributed by atoms with Crippen molar-refractivity contribution in [1.29, 1.82) is 0 Å². The van der Waals surface area contributed by atoms with Crippen molar-refractivity contribution in [3.05, 3.63) is 69.3 Å². The molecule has 0 bridgehead atoms. The summed E-state index contributed by atoms with van der Waals surface area (Å²) in [4.78, 5) is 20.4. The molecule has 0 amide bonds. The molecule has 2 atom stereocenters. The zero-order valence-electron chi connectivity index (χ0n) is 21.7. The summed E-state index contributed by atoms with van der Waals surface area (Å²) in [7, 11) is 0. The van der Waals surface area contributed by atoms with Gasteiger partial charge in [0, 0.05) is 38.1 Å². The van der Waals surface area contributed by atoms with Gasteiger partial charge in [0.15, 0.2) is 5.82 Å². The summed E-state index contributed by atoms with van der Waals surface area (Å²) in [5.74, 6) is 0.511. The van der Waals surface area contributed by atoms with Gasteiger partial charge in [-0.15, -0.1) is 0 Å². The van der Waals surface area contributed by atoms with Gasteiger partial charge in [0.05, 0.1) is 23.4 Å². The van der Waals surface area contributed by atoms with Gasteiger partial charge in [0.1, 0.15) is 5.02 Å². The van der Waals surface area contributed by atoms with Crippen molar-refractivity contribution >= 4 is 35.0 Å². The number of aryl methyl sites for hydroxylation is 1. The first kappa shape index (κ1) is 31.0. The van der Waals surface area contributed by atoms with Crippen molar-refractivity contribution in [2.75, 3.05) is 23.0 Å². The van der Waals surface area contributed by atoms with Crippen molar-refractivity contribution in [3.8, 4) is 0 Å². The van der Waals surface area contributed by atoms with Crippen molar-refractivity contribution in [3.63, 3.8) is 0 Å². The van der Waals surface area contributed by atoms with Crippen LogP contribution < -0.4 is 9.80 Å². The maximum absolute atomic E-state index is 13.6. The molecular formula is C26H26Cl2F6N6O. The maximum Gasteiger partial charge on any atom is 0.416 e. The number of nitrogens with zero attached hydrogens (tertiary/aromatic N) is 6. The Morgan fingerprint density at radius 3 is 2.15 bits per heavy atom. The Morgan fingerprint density at radius 2 is 1.59 bits per heavy atom. The predicted molar refractivity (Wildman–Crippen MR) is 142 cm³/mol. The Labute approximate surface area is 242 Å². The van der Waals surface area contributed by atoms with Crippen molar-refractivity contribution in [2.45, 2.75) is 63.6 Å². The lowest BCUT2D eigenvalue weighted by molar-refractivity contribution is -0.143. The van der Waals surface area contributed by atoms with Crippen LogP contribution >= 0.6 is 23.2 Å². The number of alkyl halides is 6. The number of halogens is 8. The Bertz CT molecular complexity index is 1310. The molecule has 41 heavy (non-hydrogen) atoms. The van der Waals surface area contributed by atoms with Crippen LogP contribution in [0.1, 0.15) is 48.4 Å².